The van der Waals surface area contributed by atoms with E-state index in [9.17, 15) is 9.59 Å². The molecule has 2 amide bonds. The summed E-state index contributed by atoms with van der Waals surface area (Å²) in [5.41, 5.74) is 0. The van der Waals surface area contributed by atoms with Crippen LogP contribution in [0.5, 0.6) is 0 Å². The van der Waals surface area contributed by atoms with Crippen LogP contribution in [-0.2, 0) is 9.59 Å². The second-order valence-electron chi connectivity index (χ2n) is 5.65. The van der Waals surface area contributed by atoms with Gasteiger partial charge in [-0.05, 0) is 39.0 Å². The minimum atomic E-state index is -0.397. The fraction of sp³-hybridized carbons (Fsp3) is 0.857. The van der Waals surface area contributed by atoms with Gasteiger partial charge in [0, 0.05) is 32.1 Å². The van der Waals surface area contributed by atoms with Gasteiger partial charge in [0.2, 0.25) is 11.8 Å². The van der Waals surface area contributed by atoms with Crippen molar-refractivity contribution in [1.29, 1.82) is 0 Å². The second-order valence-corrected chi connectivity index (χ2v) is 5.65. The minimum absolute atomic E-state index is 0.0361. The predicted octanol–water partition coefficient (Wildman–Crippen LogP) is 0.646. The van der Waals surface area contributed by atoms with E-state index in [1.807, 2.05) is 4.90 Å². The first-order chi connectivity index (χ1) is 9.16. The Labute approximate surface area is 115 Å². The molecule has 2 rings (SSSR count). The van der Waals surface area contributed by atoms with Crippen LogP contribution in [0, 0.1) is 0 Å². The average molecular weight is 267 g/mol. The summed E-state index contributed by atoms with van der Waals surface area (Å²) in [5, 5.41) is 6.10. The van der Waals surface area contributed by atoms with Crippen molar-refractivity contribution in [3.8, 4) is 0 Å². The van der Waals surface area contributed by atoms with E-state index in [0.29, 0.717) is 19.0 Å². The van der Waals surface area contributed by atoms with E-state index in [0.717, 1.165) is 25.9 Å². The van der Waals surface area contributed by atoms with Crippen LogP contribution in [0.4, 0.5) is 0 Å². The molecule has 1 saturated carbocycles. The molecule has 2 aliphatic rings. The SMILES string of the molecule is CC(NC(=O)CCNC1CC1)C(=O)N1CCCCC1. The number of hydrogen-bond acceptors (Lipinski definition) is 3. The quantitative estimate of drug-likeness (QED) is 0.742. The zero-order valence-electron chi connectivity index (χ0n) is 11.8. The van der Waals surface area contributed by atoms with Crippen LogP contribution < -0.4 is 10.6 Å². The first kappa shape index (κ1) is 14.3. The summed E-state index contributed by atoms with van der Waals surface area (Å²) in [4.78, 5) is 25.7. The lowest BCUT2D eigenvalue weighted by Gasteiger charge is -2.29. The number of carbonyl (C=O) groups excluding carboxylic acids is 2. The highest BCUT2D eigenvalue weighted by atomic mass is 16.2. The third kappa shape index (κ3) is 4.82. The van der Waals surface area contributed by atoms with Crippen LogP contribution >= 0.6 is 0 Å². The van der Waals surface area contributed by atoms with Gasteiger partial charge in [0.15, 0.2) is 0 Å². The van der Waals surface area contributed by atoms with Crippen molar-refractivity contribution >= 4 is 11.8 Å². The molecule has 0 aromatic rings. The number of amides is 2. The number of likely N-dealkylation sites (tertiary alicyclic amines) is 1. The number of rotatable bonds is 6. The lowest BCUT2D eigenvalue weighted by Crippen LogP contribution is -2.48. The van der Waals surface area contributed by atoms with Gasteiger partial charge in [-0.2, -0.15) is 0 Å². The van der Waals surface area contributed by atoms with Crippen molar-refractivity contribution < 1.29 is 9.59 Å². The van der Waals surface area contributed by atoms with Crippen LogP contribution in [0.25, 0.3) is 0 Å². The summed E-state index contributed by atoms with van der Waals surface area (Å²) < 4.78 is 0. The zero-order chi connectivity index (χ0) is 13.7. The molecule has 0 radical (unpaired) electrons. The highest BCUT2D eigenvalue weighted by Crippen LogP contribution is 2.18. The molecule has 108 valence electrons. The summed E-state index contributed by atoms with van der Waals surface area (Å²) in [6, 6.07) is 0.228. The van der Waals surface area contributed by atoms with E-state index in [4.69, 9.17) is 0 Å². The molecule has 5 heteroatoms. The van der Waals surface area contributed by atoms with Crippen molar-refractivity contribution in [2.24, 2.45) is 0 Å². The van der Waals surface area contributed by atoms with E-state index in [2.05, 4.69) is 10.6 Å². The van der Waals surface area contributed by atoms with Crippen LogP contribution in [0.2, 0.25) is 0 Å². The number of piperidine rings is 1. The standard InChI is InChI=1S/C14H25N3O2/c1-11(14(19)17-9-3-2-4-10-17)16-13(18)7-8-15-12-5-6-12/h11-12,15H,2-10H2,1H3,(H,16,18). The third-order valence-electron chi connectivity index (χ3n) is 3.78. The Balaban J connectivity index is 1.64. The first-order valence-electron chi connectivity index (χ1n) is 7.48. The lowest BCUT2D eigenvalue weighted by atomic mass is 10.1. The van der Waals surface area contributed by atoms with Gasteiger partial charge in [0.25, 0.3) is 0 Å². The third-order valence-corrected chi connectivity index (χ3v) is 3.78. The molecule has 19 heavy (non-hydrogen) atoms. The summed E-state index contributed by atoms with van der Waals surface area (Å²) >= 11 is 0. The number of nitrogens with one attached hydrogen (secondary N) is 2. The molecule has 0 aromatic carbocycles. The van der Waals surface area contributed by atoms with Crippen LogP contribution in [0.3, 0.4) is 0 Å². The topological polar surface area (TPSA) is 61.4 Å². The van der Waals surface area contributed by atoms with Gasteiger partial charge in [0.1, 0.15) is 6.04 Å². The Bertz CT molecular complexity index is 323. The summed E-state index contributed by atoms with van der Waals surface area (Å²) in [7, 11) is 0. The maximum absolute atomic E-state index is 12.1. The molecule has 5 nitrogen and oxygen atoms in total. The summed E-state index contributed by atoms with van der Waals surface area (Å²) in [6.45, 7) is 4.16. The molecule has 1 aliphatic heterocycles. The maximum atomic E-state index is 12.1. The van der Waals surface area contributed by atoms with Gasteiger partial charge >= 0.3 is 0 Å². The molecule has 0 aromatic heterocycles. The molecule has 1 unspecified atom stereocenters. The van der Waals surface area contributed by atoms with Crippen molar-refractivity contribution in [1.82, 2.24) is 15.5 Å². The van der Waals surface area contributed by atoms with Crippen molar-refractivity contribution in [2.45, 2.75) is 57.5 Å². The minimum Gasteiger partial charge on any atom is -0.345 e. The first-order valence-corrected chi connectivity index (χ1v) is 7.48. The Morgan fingerprint density at radius 1 is 1.21 bits per heavy atom. The number of carbonyl (C=O) groups is 2. The Hall–Kier alpha value is -1.10. The van der Waals surface area contributed by atoms with Crippen molar-refractivity contribution in [3.05, 3.63) is 0 Å². The molecule has 1 saturated heterocycles. The van der Waals surface area contributed by atoms with Crippen molar-refractivity contribution in [2.75, 3.05) is 19.6 Å². The van der Waals surface area contributed by atoms with Gasteiger partial charge in [-0.1, -0.05) is 0 Å². The molecular weight excluding hydrogens is 242 g/mol. The molecule has 0 spiro atoms. The van der Waals surface area contributed by atoms with Crippen LogP contribution in [0.1, 0.15) is 45.4 Å². The zero-order valence-corrected chi connectivity index (χ0v) is 11.8. The Kier molecular flexibility index (Phi) is 5.19. The van der Waals surface area contributed by atoms with E-state index >= 15 is 0 Å². The highest BCUT2D eigenvalue weighted by molar-refractivity contribution is 5.87. The summed E-state index contributed by atoms with van der Waals surface area (Å²) in [6.07, 6.45) is 6.28. The van der Waals surface area contributed by atoms with Gasteiger partial charge in [-0.25, -0.2) is 0 Å². The molecular formula is C14H25N3O2. The van der Waals surface area contributed by atoms with E-state index in [-0.39, 0.29) is 11.8 Å². The molecule has 1 atom stereocenters. The molecule has 2 N–H and O–H groups in total. The monoisotopic (exact) mass is 267 g/mol. The fourth-order valence-corrected chi connectivity index (χ4v) is 2.44. The van der Waals surface area contributed by atoms with E-state index in [1.165, 1.54) is 19.3 Å². The Morgan fingerprint density at radius 2 is 1.89 bits per heavy atom. The maximum Gasteiger partial charge on any atom is 0.244 e. The van der Waals surface area contributed by atoms with E-state index in [1.54, 1.807) is 6.92 Å². The smallest absolute Gasteiger partial charge is 0.244 e. The van der Waals surface area contributed by atoms with Crippen molar-refractivity contribution in [3.63, 3.8) is 0 Å². The predicted molar refractivity (Wildman–Crippen MR) is 73.7 cm³/mol. The highest BCUT2D eigenvalue weighted by Gasteiger charge is 2.24. The Morgan fingerprint density at radius 3 is 2.53 bits per heavy atom. The summed E-state index contributed by atoms with van der Waals surface area (Å²) in [5.74, 6) is 0.0224. The molecule has 1 heterocycles. The van der Waals surface area contributed by atoms with Gasteiger partial charge in [-0.3, -0.25) is 9.59 Å². The molecule has 2 fully saturated rings. The van der Waals surface area contributed by atoms with Crippen LogP contribution in [-0.4, -0.2) is 48.4 Å². The largest absolute Gasteiger partial charge is 0.345 e. The fourth-order valence-electron chi connectivity index (χ4n) is 2.44. The average Bonchev–Trinajstić information content (AvgIpc) is 3.23. The number of nitrogens with zero attached hydrogens (tertiary/aromatic N) is 1. The number of hydrogen-bond donors (Lipinski definition) is 2. The normalized spacial score (nSPS) is 21.0. The van der Waals surface area contributed by atoms with Gasteiger partial charge < -0.3 is 15.5 Å². The van der Waals surface area contributed by atoms with Crippen LogP contribution in [0.15, 0.2) is 0 Å². The van der Waals surface area contributed by atoms with Gasteiger partial charge in [0.05, 0.1) is 0 Å². The van der Waals surface area contributed by atoms with Gasteiger partial charge in [-0.15, -0.1) is 0 Å². The molecule has 1 aliphatic carbocycles. The lowest BCUT2D eigenvalue weighted by molar-refractivity contribution is -0.136. The molecule has 0 bridgehead atoms. The van der Waals surface area contributed by atoms with E-state index < -0.39 is 6.04 Å². The second kappa shape index (κ2) is 6.89.